The van der Waals surface area contributed by atoms with Crippen molar-refractivity contribution in [3.05, 3.63) is 65.8 Å². The summed E-state index contributed by atoms with van der Waals surface area (Å²) in [5.74, 6) is 2.22. The Bertz CT molecular complexity index is 2350. The summed E-state index contributed by atoms with van der Waals surface area (Å²) in [5.41, 5.74) is 13.4. The smallest absolute Gasteiger partial charge is 0.249 e. The van der Waals surface area contributed by atoms with Crippen LogP contribution < -0.4 is 16.4 Å². The van der Waals surface area contributed by atoms with Crippen molar-refractivity contribution in [3.63, 3.8) is 0 Å². The minimum absolute atomic E-state index is 0.0624. The van der Waals surface area contributed by atoms with Crippen LogP contribution in [0.15, 0.2) is 53.4 Å². The summed E-state index contributed by atoms with van der Waals surface area (Å²) in [7, 11) is 0. The molecule has 61 heavy (non-hydrogen) atoms. The van der Waals surface area contributed by atoms with Gasteiger partial charge in [0.05, 0.1) is 16.6 Å². The highest BCUT2D eigenvalue weighted by Gasteiger charge is 2.36. The monoisotopic (exact) mass is 827 g/mol. The van der Waals surface area contributed by atoms with Gasteiger partial charge in [0, 0.05) is 49.8 Å². The van der Waals surface area contributed by atoms with Crippen molar-refractivity contribution in [1.82, 2.24) is 45.0 Å². The number of rotatable bonds is 14. The molecular formula is C46H57N11O4. The number of likely N-dealkylation sites (tertiary alicyclic amines) is 2. The van der Waals surface area contributed by atoms with Gasteiger partial charge >= 0.3 is 0 Å². The molecule has 0 spiro atoms. The zero-order valence-electron chi connectivity index (χ0n) is 35.3. The number of aromatic nitrogens is 6. The average molecular weight is 828 g/mol. The molecule has 4 fully saturated rings. The zero-order valence-corrected chi connectivity index (χ0v) is 35.3. The van der Waals surface area contributed by atoms with Crippen molar-refractivity contribution >= 4 is 40.3 Å². The molecule has 1 atom stereocenters. The molecule has 320 valence electrons. The number of nitrogens with zero attached hydrogens (tertiary/aromatic N) is 8. The first-order chi connectivity index (χ1) is 29.7. The largest absolute Gasteiger partial charge is 0.383 e. The summed E-state index contributed by atoms with van der Waals surface area (Å²) in [4.78, 5) is 55.1. The number of nitrogen functional groups attached to an aromatic ring is 1. The fourth-order valence-electron chi connectivity index (χ4n) is 9.43. The Morgan fingerprint density at radius 3 is 2.30 bits per heavy atom. The second-order valence-corrected chi connectivity index (χ2v) is 17.7. The fourth-order valence-corrected chi connectivity index (χ4v) is 9.43. The first kappa shape index (κ1) is 40.7. The molecule has 4 aliphatic rings. The van der Waals surface area contributed by atoms with Gasteiger partial charge in [0.2, 0.25) is 17.7 Å². The van der Waals surface area contributed by atoms with Gasteiger partial charge in [-0.1, -0.05) is 29.8 Å². The molecule has 5 aromatic rings. The fraction of sp³-hybridized carbons (Fsp3) is 0.522. The van der Waals surface area contributed by atoms with Crippen molar-refractivity contribution in [3.8, 4) is 22.6 Å². The van der Waals surface area contributed by atoms with Crippen molar-refractivity contribution in [2.75, 3.05) is 43.8 Å². The summed E-state index contributed by atoms with van der Waals surface area (Å²) in [6.07, 6.45) is 14.3. The molecule has 3 saturated heterocycles. The lowest BCUT2D eigenvalue weighted by Crippen LogP contribution is -2.47. The summed E-state index contributed by atoms with van der Waals surface area (Å²) < 4.78 is 7.86. The zero-order chi connectivity index (χ0) is 42.0. The van der Waals surface area contributed by atoms with E-state index in [9.17, 15) is 14.4 Å². The van der Waals surface area contributed by atoms with Gasteiger partial charge in [-0.05, 0) is 132 Å². The van der Waals surface area contributed by atoms with E-state index in [0.717, 1.165) is 113 Å². The molecule has 4 N–H and O–H groups in total. The minimum Gasteiger partial charge on any atom is -0.383 e. The Kier molecular flexibility index (Phi) is 11.8. The Morgan fingerprint density at radius 1 is 0.852 bits per heavy atom. The normalized spacial score (nSPS) is 19.5. The van der Waals surface area contributed by atoms with Crippen molar-refractivity contribution in [2.24, 2.45) is 0 Å². The number of hydrogen-bond acceptors (Lipinski definition) is 12. The van der Waals surface area contributed by atoms with Crippen LogP contribution in [0.5, 0.6) is 0 Å². The van der Waals surface area contributed by atoms with E-state index in [0.29, 0.717) is 65.3 Å². The summed E-state index contributed by atoms with van der Waals surface area (Å²) in [6.45, 7) is 8.91. The molecule has 3 aliphatic heterocycles. The topological polar surface area (TPSA) is 190 Å². The SMILES string of the molecule is CC(C)n1nc(-c2noc(C3CC3)c2-c2ccc(C3CCN(C(=O)CCCCCN4CCC(c5ccc(NC6CCC(=O)NC6=O)cc5)CC4)CC3)cn2)c2c(N)ncnc21. The summed E-state index contributed by atoms with van der Waals surface area (Å²) in [6, 6.07) is 12.4. The highest BCUT2D eigenvalue weighted by molar-refractivity contribution is 6.02. The van der Waals surface area contributed by atoms with Gasteiger partial charge in [0.25, 0.3) is 0 Å². The van der Waals surface area contributed by atoms with Gasteiger partial charge in [-0.2, -0.15) is 5.10 Å². The minimum atomic E-state index is -0.367. The Morgan fingerprint density at radius 2 is 1.59 bits per heavy atom. The second-order valence-electron chi connectivity index (χ2n) is 17.7. The molecule has 7 heterocycles. The van der Waals surface area contributed by atoms with Crippen LogP contribution in [0.1, 0.15) is 132 Å². The quantitative estimate of drug-likeness (QED) is 0.0773. The standard InChI is InChI=1S/C46H57N11O4/c1-28(2)57-45-40(44(47)49-27-50-45)41(53-57)42-39(43(61-54-42)32-7-8-32)35-14-11-33(26-48-35)31-19-24-56(25-20-31)38(59)6-4-3-5-21-55-22-17-30(18-23-55)29-9-12-34(13-10-29)51-36-15-16-37(58)52-46(36)60/h9-14,26-28,30-32,36,51H,3-8,15-25H2,1-2H3,(H2,47,49,50)(H,52,58,60). The molecule has 9 rings (SSSR count). The van der Waals surface area contributed by atoms with Crippen LogP contribution >= 0.6 is 0 Å². The van der Waals surface area contributed by atoms with Crippen LogP contribution in [0.3, 0.4) is 0 Å². The Hall–Kier alpha value is -5.70. The highest BCUT2D eigenvalue weighted by atomic mass is 16.5. The number of piperidine rings is 3. The van der Waals surface area contributed by atoms with E-state index in [1.807, 2.05) is 23.0 Å². The van der Waals surface area contributed by atoms with Crippen LogP contribution in [0.2, 0.25) is 0 Å². The molecular weight excluding hydrogens is 771 g/mol. The van der Waals surface area contributed by atoms with Crippen molar-refractivity contribution in [2.45, 2.75) is 121 Å². The molecule has 1 aromatic carbocycles. The van der Waals surface area contributed by atoms with Crippen molar-refractivity contribution < 1.29 is 18.9 Å². The predicted molar refractivity (Wildman–Crippen MR) is 232 cm³/mol. The van der Waals surface area contributed by atoms with Gasteiger partial charge in [-0.25, -0.2) is 14.6 Å². The Labute approximate surface area is 356 Å². The molecule has 4 aromatic heterocycles. The second kappa shape index (κ2) is 17.7. The van der Waals surface area contributed by atoms with E-state index >= 15 is 0 Å². The maximum Gasteiger partial charge on any atom is 0.249 e. The van der Waals surface area contributed by atoms with Crippen LogP contribution in [-0.2, 0) is 14.4 Å². The van der Waals surface area contributed by atoms with E-state index in [1.54, 1.807) is 0 Å². The molecule has 1 unspecified atom stereocenters. The number of carbonyl (C=O) groups excluding carboxylic acids is 3. The van der Waals surface area contributed by atoms with E-state index in [2.05, 4.69) is 73.7 Å². The molecule has 0 bridgehead atoms. The van der Waals surface area contributed by atoms with Gasteiger partial charge < -0.3 is 25.4 Å². The number of carbonyl (C=O) groups is 3. The molecule has 15 nitrogen and oxygen atoms in total. The highest BCUT2D eigenvalue weighted by Crippen LogP contribution is 2.48. The van der Waals surface area contributed by atoms with Crippen LogP contribution in [-0.4, -0.2) is 96.2 Å². The van der Waals surface area contributed by atoms with E-state index in [4.69, 9.17) is 20.3 Å². The first-order valence-electron chi connectivity index (χ1n) is 22.4. The van der Waals surface area contributed by atoms with E-state index in [1.165, 1.54) is 17.5 Å². The van der Waals surface area contributed by atoms with Gasteiger partial charge in [-0.3, -0.25) is 24.7 Å². The molecule has 15 heteroatoms. The lowest BCUT2D eigenvalue weighted by atomic mass is 9.89. The van der Waals surface area contributed by atoms with Crippen LogP contribution in [0.4, 0.5) is 11.5 Å². The van der Waals surface area contributed by atoms with Gasteiger partial charge in [0.1, 0.15) is 35.3 Å². The third-order valence-corrected chi connectivity index (χ3v) is 13.2. The number of imide groups is 1. The number of benzene rings is 1. The van der Waals surface area contributed by atoms with E-state index < -0.39 is 0 Å². The number of nitrogens with two attached hydrogens (primary N) is 1. The summed E-state index contributed by atoms with van der Waals surface area (Å²) >= 11 is 0. The van der Waals surface area contributed by atoms with E-state index in [-0.39, 0.29) is 29.8 Å². The number of unbranched alkanes of at least 4 members (excludes halogenated alkanes) is 2. The number of fused-ring (bicyclic) bond motifs is 1. The molecule has 3 amide bonds. The lowest BCUT2D eigenvalue weighted by Gasteiger charge is -2.33. The summed E-state index contributed by atoms with van der Waals surface area (Å²) in [5, 5.41) is 15.8. The van der Waals surface area contributed by atoms with Crippen molar-refractivity contribution in [1.29, 1.82) is 0 Å². The van der Waals surface area contributed by atoms with Gasteiger partial charge in [-0.15, -0.1) is 0 Å². The first-order valence-corrected chi connectivity index (χ1v) is 22.4. The number of pyridine rings is 1. The Balaban J connectivity index is 0.712. The predicted octanol–water partition coefficient (Wildman–Crippen LogP) is 6.95. The van der Waals surface area contributed by atoms with Crippen LogP contribution in [0, 0.1) is 0 Å². The third kappa shape index (κ3) is 8.88. The number of hydrogen-bond donors (Lipinski definition) is 3. The number of nitrogens with one attached hydrogen (secondary N) is 2. The maximum atomic E-state index is 13.2. The molecule has 0 radical (unpaired) electrons. The number of amides is 3. The van der Waals surface area contributed by atoms with Crippen LogP contribution in [0.25, 0.3) is 33.7 Å². The average Bonchev–Trinajstić information content (AvgIpc) is 3.90. The third-order valence-electron chi connectivity index (χ3n) is 13.2. The lowest BCUT2D eigenvalue weighted by molar-refractivity contribution is -0.134. The maximum absolute atomic E-state index is 13.2. The number of anilines is 2. The molecule has 1 saturated carbocycles. The molecule has 1 aliphatic carbocycles. The van der Waals surface area contributed by atoms with Gasteiger partial charge in [0.15, 0.2) is 5.65 Å².